The number of sulfonamides is 1. The van der Waals surface area contributed by atoms with Crippen LogP contribution in [-0.2, 0) is 23.1 Å². The van der Waals surface area contributed by atoms with E-state index in [1.807, 2.05) is 91.0 Å². The zero-order chi connectivity index (χ0) is 32.4. The Balaban J connectivity index is 1.18. The number of nitrogens with one attached hydrogen (secondary N) is 1. The van der Waals surface area contributed by atoms with Gasteiger partial charge in [0, 0.05) is 46.3 Å². The lowest BCUT2D eigenvalue weighted by Gasteiger charge is -2.23. The average Bonchev–Trinajstić information content (AvgIpc) is 3.08. The molecule has 0 aliphatic rings. The summed E-state index contributed by atoms with van der Waals surface area (Å²) in [6, 6.07) is 40.4. The largest absolute Gasteiger partial charge is 0.496 e. The summed E-state index contributed by atoms with van der Waals surface area (Å²) >= 11 is 3.08. The first kappa shape index (κ1) is 33.3. The number of ether oxygens (including phenoxy) is 1. The lowest BCUT2D eigenvalue weighted by molar-refractivity contribution is 0.0984. The number of hydrogen-bond acceptors (Lipinski definition) is 7. The van der Waals surface area contributed by atoms with E-state index in [4.69, 9.17) is 9.88 Å². The van der Waals surface area contributed by atoms with Crippen LogP contribution in [0.1, 0.15) is 21.5 Å². The van der Waals surface area contributed by atoms with E-state index in [9.17, 15) is 13.2 Å². The zero-order valence-corrected chi connectivity index (χ0v) is 27.8. The van der Waals surface area contributed by atoms with Crippen molar-refractivity contribution in [2.75, 3.05) is 19.4 Å². The molecule has 0 saturated heterocycles. The second-order valence-electron chi connectivity index (χ2n) is 10.5. The smallest absolute Gasteiger partial charge is 0.261 e. The number of amides is 1. The van der Waals surface area contributed by atoms with Gasteiger partial charge < -0.3 is 4.74 Å². The molecule has 5 rings (SSSR count). The molecule has 10 heteroatoms. The molecule has 7 nitrogen and oxygen atoms in total. The predicted octanol–water partition coefficient (Wildman–Crippen LogP) is 7.24. The van der Waals surface area contributed by atoms with Crippen molar-refractivity contribution in [3.05, 3.63) is 144 Å². The molecule has 0 radical (unpaired) electrons. The SMILES string of the molecule is COc1ccccc1-c1ccc(C(=O)NSc2ccc(CN(CCSc3ccccc3)Cc3ccc(S(N)(=O)=O)cc3)cc2)cc1. The van der Waals surface area contributed by atoms with Gasteiger partial charge >= 0.3 is 0 Å². The topological polar surface area (TPSA) is 102 Å². The van der Waals surface area contributed by atoms with E-state index in [0.29, 0.717) is 18.7 Å². The van der Waals surface area contributed by atoms with Gasteiger partial charge in [-0.2, -0.15) is 0 Å². The Kier molecular flexibility index (Phi) is 11.6. The fourth-order valence-electron chi connectivity index (χ4n) is 4.84. The Labute approximate surface area is 279 Å². The van der Waals surface area contributed by atoms with Crippen molar-refractivity contribution in [1.29, 1.82) is 0 Å². The van der Waals surface area contributed by atoms with Crippen molar-refractivity contribution in [2.24, 2.45) is 5.14 Å². The summed E-state index contributed by atoms with van der Waals surface area (Å²) in [4.78, 5) is 17.4. The van der Waals surface area contributed by atoms with E-state index in [2.05, 4.69) is 33.9 Å². The predicted molar refractivity (Wildman–Crippen MR) is 187 cm³/mol. The summed E-state index contributed by atoms with van der Waals surface area (Å²) in [6.07, 6.45) is 0. The van der Waals surface area contributed by atoms with Crippen LogP contribution in [0.4, 0.5) is 0 Å². The van der Waals surface area contributed by atoms with Gasteiger partial charge in [-0.05, 0) is 83.2 Å². The molecule has 0 saturated carbocycles. The number of hydrogen-bond donors (Lipinski definition) is 2. The van der Waals surface area contributed by atoms with Crippen LogP contribution < -0.4 is 14.6 Å². The van der Waals surface area contributed by atoms with Gasteiger partial charge in [-0.1, -0.05) is 72.8 Å². The number of nitrogens with zero attached hydrogens (tertiary/aromatic N) is 1. The first-order valence-electron chi connectivity index (χ1n) is 14.6. The van der Waals surface area contributed by atoms with Crippen molar-refractivity contribution in [1.82, 2.24) is 9.62 Å². The maximum atomic E-state index is 12.8. The number of thioether (sulfide) groups is 1. The molecule has 0 heterocycles. The highest BCUT2D eigenvalue weighted by Gasteiger charge is 2.12. The van der Waals surface area contributed by atoms with Crippen molar-refractivity contribution >= 4 is 39.6 Å². The summed E-state index contributed by atoms with van der Waals surface area (Å²) in [5.41, 5.74) is 4.66. The Morgan fingerprint density at radius 2 is 1.37 bits per heavy atom. The summed E-state index contributed by atoms with van der Waals surface area (Å²) in [6.45, 7) is 2.20. The molecule has 0 spiro atoms. The van der Waals surface area contributed by atoms with Crippen LogP contribution in [0.3, 0.4) is 0 Å². The van der Waals surface area contributed by atoms with Crippen molar-refractivity contribution < 1.29 is 17.9 Å². The normalized spacial score (nSPS) is 11.4. The molecule has 0 atom stereocenters. The fraction of sp³-hybridized carbons (Fsp3) is 0.139. The Morgan fingerprint density at radius 3 is 2.00 bits per heavy atom. The van der Waals surface area contributed by atoms with Crippen LogP contribution >= 0.6 is 23.7 Å². The molecule has 0 unspecified atom stereocenters. The third-order valence-corrected chi connectivity index (χ3v) is 9.95. The summed E-state index contributed by atoms with van der Waals surface area (Å²) in [7, 11) is -2.09. The minimum Gasteiger partial charge on any atom is -0.496 e. The average molecular weight is 670 g/mol. The van der Waals surface area contributed by atoms with Gasteiger partial charge in [0.05, 0.1) is 12.0 Å². The second kappa shape index (κ2) is 16.0. The number of benzene rings is 5. The molecule has 3 N–H and O–H groups in total. The molecular weight excluding hydrogens is 635 g/mol. The lowest BCUT2D eigenvalue weighted by Crippen LogP contribution is -2.25. The molecule has 0 fully saturated rings. The van der Waals surface area contributed by atoms with Crippen LogP contribution in [0.2, 0.25) is 0 Å². The molecule has 236 valence electrons. The second-order valence-corrected chi connectivity index (χ2v) is 14.1. The van der Waals surface area contributed by atoms with E-state index < -0.39 is 10.0 Å². The quantitative estimate of drug-likeness (QED) is 0.0950. The van der Waals surface area contributed by atoms with E-state index in [-0.39, 0.29) is 10.8 Å². The highest BCUT2D eigenvalue weighted by Crippen LogP contribution is 2.30. The highest BCUT2D eigenvalue weighted by atomic mass is 32.2. The maximum absolute atomic E-state index is 12.8. The monoisotopic (exact) mass is 669 g/mol. The van der Waals surface area contributed by atoms with Gasteiger partial charge in [0.2, 0.25) is 10.0 Å². The standard InChI is InChI=1S/C36H35N3O4S3/c1-43-35-10-6-5-9-34(35)29-15-17-30(18-16-29)36(40)38-45-32-19-11-27(12-20-32)25-39(23-24-44-31-7-3-2-4-8-31)26-28-13-21-33(22-14-28)46(37,41)42/h2-22H,23-26H2,1H3,(H,38,40)(H2,37,41,42). The first-order chi connectivity index (χ1) is 22.3. The lowest BCUT2D eigenvalue weighted by atomic mass is 10.0. The fourth-order valence-corrected chi connectivity index (χ4v) is 6.89. The summed E-state index contributed by atoms with van der Waals surface area (Å²) < 4.78 is 31.8. The summed E-state index contributed by atoms with van der Waals surface area (Å²) in [5.74, 6) is 1.52. The number of primary sulfonamides is 1. The van der Waals surface area contributed by atoms with Crippen LogP contribution in [-0.4, -0.2) is 38.6 Å². The van der Waals surface area contributed by atoms with Crippen LogP contribution in [0.15, 0.2) is 142 Å². The zero-order valence-electron chi connectivity index (χ0n) is 25.3. The molecule has 46 heavy (non-hydrogen) atoms. The third-order valence-electron chi connectivity index (χ3n) is 7.23. The van der Waals surface area contributed by atoms with Gasteiger partial charge in [0.15, 0.2) is 0 Å². The Morgan fingerprint density at radius 1 is 0.761 bits per heavy atom. The van der Waals surface area contributed by atoms with Crippen LogP contribution in [0.5, 0.6) is 5.75 Å². The molecule has 5 aromatic rings. The number of carbonyl (C=O) groups excluding carboxylic acids is 1. The number of methoxy groups -OCH3 is 1. The molecule has 0 bridgehead atoms. The van der Waals surface area contributed by atoms with Gasteiger partial charge in [-0.15, -0.1) is 11.8 Å². The first-order valence-corrected chi connectivity index (χ1v) is 17.9. The molecule has 0 aromatic heterocycles. The van der Waals surface area contributed by atoms with Gasteiger partial charge in [-0.3, -0.25) is 14.4 Å². The Hall–Kier alpha value is -4.06. The van der Waals surface area contributed by atoms with Crippen molar-refractivity contribution in [2.45, 2.75) is 27.8 Å². The molecular formula is C36H35N3O4S3. The highest BCUT2D eigenvalue weighted by molar-refractivity contribution is 7.99. The molecule has 5 aromatic carbocycles. The number of para-hydroxylation sites is 1. The number of rotatable bonds is 14. The van der Waals surface area contributed by atoms with E-state index in [1.165, 1.54) is 16.8 Å². The Bertz CT molecular complexity index is 1830. The van der Waals surface area contributed by atoms with Crippen molar-refractivity contribution in [3.8, 4) is 16.9 Å². The molecule has 0 aliphatic carbocycles. The number of carbonyl (C=O) groups is 1. The van der Waals surface area contributed by atoms with E-state index in [0.717, 1.165) is 45.2 Å². The van der Waals surface area contributed by atoms with Crippen LogP contribution in [0.25, 0.3) is 11.1 Å². The van der Waals surface area contributed by atoms with E-state index >= 15 is 0 Å². The third kappa shape index (κ3) is 9.48. The minimum absolute atomic E-state index is 0.104. The maximum Gasteiger partial charge on any atom is 0.261 e. The van der Waals surface area contributed by atoms with Gasteiger partial charge in [0.25, 0.3) is 5.91 Å². The van der Waals surface area contributed by atoms with Crippen molar-refractivity contribution in [3.63, 3.8) is 0 Å². The van der Waals surface area contributed by atoms with Gasteiger partial charge in [-0.25, -0.2) is 13.6 Å². The summed E-state index contributed by atoms with van der Waals surface area (Å²) in [5, 5.41) is 5.28. The van der Waals surface area contributed by atoms with E-state index in [1.54, 1.807) is 31.0 Å². The molecule has 0 aliphatic heterocycles. The minimum atomic E-state index is -3.74. The number of nitrogens with two attached hydrogens (primary N) is 1. The van der Waals surface area contributed by atoms with Gasteiger partial charge in [0.1, 0.15) is 5.75 Å². The van der Waals surface area contributed by atoms with Crippen LogP contribution in [0, 0.1) is 0 Å². The molecule has 1 amide bonds.